The third kappa shape index (κ3) is 3.73. The SMILES string of the molecule is CC(C)(O)CC[C@@H](O)[C@](C)(O)[C@H]1CC[C@@]2(O)C3=CC(=O)C4C[C@@H](O)[C@@H](O)C[C@]4(C)C3CC[C@]12C. The molecule has 4 rings (SSSR count). The fourth-order valence-electron chi connectivity index (χ4n) is 8.32. The first kappa shape index (κ1) is 26.2. The first-order chi connectivity index (χ1) is 15.5. The molecule has 194 valence electrons. The van der Waals surface area contributed by atoms with Gasteiger partial charge in [-0.2, -0.15) is 0 Å². The predicted octanol–water partition coefficient (Wildman–Crippen LogP) is 1.85. The van der Waals surface area contributed by atoms with Crippen LogP contribution in [0.4, 0.5) is 0 Å². The van der Waals surface area contributed by atoms with Crippen molar-refractivity contribution in [2.75, 3.05) is 0 Å². The first-order valence-corrected chi connectivity index (χ1v) is 12.9. The number of hydrogen-bond acceptors (Lipinski definition) is 7. The van der Waals surface area contributed by atoms with E-state index in [9.17, 15) is 35.4 Å². The number of carbonyl (C=O) groups excluding carboxylic acids is 1. The second-order valence-corrected chi connectivity index (χ2v) is 13.2. The highest BCUT2D eigenvalue weighted by Crippen LogP contribution is 2.68. The summed E-state index contributed by atoms with van der Waals surface area (Å²) >= 11 is 0. The van der Waals surface area contributed by atoms with Gasteiger partial charge < -0.3 is 30.6 Å². The zero-order valence-corrected chi connectivity index (χ0v) is 21.3. The molecule has 0 aromatic rings. The minimum Gasteiger partial charge on any atom is -0.390 e. The average molecular weight is 481 g/mol. The van der Waals surface area contributed by atoms with Gasteiger partial charge in [-0.05, 0) is 101 Å². The van der Waals surface area contributed by atoms with Crippen LogP contribution in [0.5, 0.6) is 0 Å². The van der Waals surface area contributed by atoms with Crippen molar-refractivity contribution in [2.45, 2.75) is 121 Å². The Kier molecular flexibility index (Phi) is 6.24. The lowest BCUT2D eigenvalue weighted by atomic mass is 9.45. The van der Waals surface area contributed by atoms with Crippen LogP contribution in [-0.4, -0.2) is 71.5 Å². The molecule has 7 heteroatoms. The number of aliphatic hydroxyl groups excluding tert-OH is 3. The molecule has 0 aromatic carbocycles. The highest BCUT2D eigenvalue weighted by molar-refractivity contribution is 5.95. The number of aliphatic hydroxyl groups is 6. The van der Waals surface area contributed by atoms with Crippen LogP contribution < -0.4 is 0 Å². The van der Waals surface area contributed by atoms with E-state index >= 15 is 0 Å². The number of carbonyl (C=O) groups is 1. The topological polar surface area (TPSA) is 138 Å². The van der Waals surface area contributed by atoms with E-state index in [1.165, 1.54) is 0 Å². The van der Waals surface area contributed by atoms with Crippen molar-refractivity contribution in [3.8, 4) is 0 Å². The zero-order chi connectivity index (χ0) is 25.5. The normalized spacial score (nSPS) is 47.2. The minimum atomic E-state index is -1.46. The van der Waals surface area contributed by atoms with Gasteiger partial charge in [0, 0.05) is 11.3 Å². The van der Waals surface area contributed by atoms with Gasteiger partial charge in [0.15, 0.2) is 5.78 Å². The molecule has 4 aliphatic carbocycles. The molecule has 10 atom stereocenters. The molecule has 34 heavy (non-hydrogen) atoms. The standard InChI is InChI=1S/C27H44O7/c1-23(2,32)9-8-22(31)26(5,33)21-7-11-27(34)16-12-18(28)17-13-19(29)20(30)14-24(17,3)15(16)6-10-25(21,27)4/h12,15,17,19-22,29-34H,6-11,13-14H2,1-5H3/t15?,17?,19-,20+,21+,22-,24-,25-,26-,27-/m1/s1. The van der Waals surface area contributed by atoms with E-state index in [2.05, 4.69) is 0 Å². The average Bonchev–Trinajstić information content (AvgIpc) is 3.00. The van der Waals surface area contributed by atoms with Crippen molar-refractivity contribution in [2.24, 2.45) is 28.6 Å². The van der Waals surface area contributed by atoms with Crippen LogP contribution in [0.1, 0.15) is 86.0 Å². The van der Waals surface area contributed by atoms with Gasteiger partial charge in [0.05, 0.1) is 35.1 Å². The summed E-state index contributed by atoms with van der Waals surface area (Å²) in [4.78, 5) is 13.2. The molecule has 2 unspecified atom stereocenters. The smallest absolute Gasteiger partial charge is 0.159 e. The number of allylic oxidation sites excluding steroid dienone is 1. The van der Waals surface area contributed by atoms with Crippen molar-refractivity contribution < 1.29 is 35.4 Å². The summed E-state index contributed by atoms with van der Waals surface area (Å²) in [5.74, 6) is -0.948. The van der Waals surface area contributed by atoms with E-state index in [4.69, 9.17) is 0 Å². The van der Waals surface area contributed by atoms with Gasteiger partial charge in [-0.1, -0.05) is 13.8 Å². The van der Waals surface area contributed by atoms with Gasteiger partial charge in [0.1, 0.15) is 0 Å². The third-order valence-corrected chi connectivity index (χ3v) is 10.5. The quantitative estimate of drug-likeness (QED) is 0.353. The highest BCUT2D eigenvalue weighted by atomic mass is 16.3. The summed E-state index contributed by atoms with van der Waals surface area (Å²) in [6.07, 6.45) is 2.11. The Morgan fingerprint density at radius 2 is 1.71 bits per heavy atom. The summed E-state index contributed by atoms with van der Waals surface area (Å²) in [5.41, 5.74) is -4.27. The maximum atomic E-state index is 13.2. The third-order valence-electron chi connectivity index (χ3n) is 10.5. The lowest BCUT2D eigenvalue weighted by Gasteiger charge is -2.60. The van der Waals surface area contributed by atoms with Gasteiger partial charge in [0.2, 0.25) is 0 Å². The van der Waals surface area contributed by atoms with E-state index in [0.29, 0.717) is 44.1 Å². The van der Waals surface area contributed by atoms with Crippen molar-refractivity contribution in [3.05, 3.63) is 11.6 Å². The fraction of sp³-hybridized carbons (Fsp3) is 0.889. The van der Waals surface area contributed by atoms with Crippen molar-refractivity contribution >= 4 is 5.78 Å². The van der Waals surface area contributed by atoms with E-state index in [1.807, 2.05) is 13.8 Å². The molecule has 0 heterocycles. The maximum absolute atomic E-state index is 13.2. The van der Waals surface area contributed by atoms with Crippen LogP contribution in [0.2, 0.25) is 0 Å². The van der Waals surface area contributed by atoms with E-state index in [-0.39, 0.29) is 36.4 Å². The van der Waals surface area contributed by atoms with E-state index in [1.54, 1.807) is 26.8 Å². The van der Waals surface area contributed by atoms with Gasteiger partial charge in [0.25, 0.3) is 0 Å². The summed E-state index contributed by atoms with van der Waals surface area (Å²) in [6, 6.07) is 0. The van der Waals surface area contributed by atoms with Crippen LogP contribution in [-0.2, 0) is 4.79 Å². The van der Waals surface area contributed by atoms with Crippen LogP contribution in [0, 0.1) is 28.6 Å². The van der Waals surface area contributed by atoms with Gasteiger partial charge in [-0.3, -0.25) is 4.79 Å². The van der Waals surface area contributed by atoms with Gasteiger partial charge >= 0.3 is 0 Å². The van der Waals surface area contributed by atoms with Crippen LogP contribution in [0.25, 0.3) is 0 Å². The Labute approximate surface area is 202 Å². The summed E-state index contributed by atoms with van der Waals surface area (Å²) in [5, 5.41) is 65.5. The van der Waals surface area contributed by atoms with Crippen LogP contribution in [0.3, 0.4) is 0 Å². The van der Waals surface area contributed by atoms with E-state index < -0.39 is 45.9 Å². The molecule has 7 nitrogen and oxygen atoms in total. The Morgan fingerprint density at radius 3 is 2.32 bits per heavy atom. The molecule has 4 aliphatic rings. The highest BCUT2D eigenvalue weighted by Gasteiger charge is 2.69. The Balaban J connectivity index is 1.66. The predicted molar refractivity (Wildman–Crippen MR) is 127 cm³/mol. The van der Waals surface area contributed by atoms with Gasteiger partial charge in [-0.15, -0.1) is 0 Å². The van der Waals surface area contributed by atoms with Gasteiger partial charge in [-0.25, -0.2) is 0 Å². The van der Waals surface area contributed by atoms with Crippen molar-refractivity contribution in [1.29, 1.82) is 0 Å². The van der Waals surface area contributed by atoms with Crippen LogP contribution >= 0.6 is 0 Å². The Hall–Kier alpha value is -0.830. The van der Waals surface area contributed by atoms with Crippen molar-refractivity contribution in [1.82, 2.24) is 0 Å². The lowest BCUT2D eigenvalue weighted by Crippen LogP contribution is -2.62. The summed E-state index contributed by atoms with van der Waals surface area (Å²) in [6.45, 7) is 8.96. The second-order valence-electron chi connectivity index (χ2n) is 13.2. The molecular weight excluding hydrogens is 436 g/mol. The molecule has 0 saturated heterocycles. The summed E-state index contributed by atoms with van der Waals surface area (Å²) in [7, 11) is 0. The van der Waals surface area contributed by atoms with E-state index in [0.717, 1.165) is 0 Å². The monoisotopic (exact) mass is 480 g/mol. The summed E-state index contributed by atoms with van der Waals surface area (Å²) < 4.78 is 0. The largest absolute Gasteiger partial charge is 0.390 e. The molecule has 6 N–H and O–H groups in total. The Bertz CT molecular complexity index is 860. The Morgan fingerprint density at radius 1 is 1.06 bits per heavy atom. The minimum absolute atomic E-state index is 0.0840. The molecule has 3 saturated carbocycles. The number of ketones is 1. The fourth-order valence-corrected chi connectivity index (χ4v) is 8.32. The first-order valence-electron chi connectivity index (χ1n) is 12.9. The maximum Gasteiger partial charge on any atom is 0.159 e. The molecular formula is C27H44O7. The zero-order valence-electron chi connectivity index (χ0n) is 21.3. The number of rotatable bonds is 5. The lowest BCUT2D eigenvalue weighted by molar-refractivity contribution is -0.177. The number of hydrogen-bond donors (Lipinski definition) is 6. The molecule has 0 aromatic heterocycles. The molecule has 0 spiro atoms. The molecule has 0 bridgehead atoms. The molecule has 0 aliphatic heterocycles. The van der Waals surface area contributed by atoms with Crippen LogP contribution in [0.15, 0.2) is 11.6 Å². The van der Waals surface area contributed by atoms with Crippen molar-refractivity contribution in [3.63, 3.8) is 0 Å². The molecule has 3 fully saturated rings. The number of fused-ring (bicyclic) bond motifs is 5. The molecule has 0 amide bonds. The molecule has 0 radical (unpaired) electrons. The second kappa shape index (κ2) is 8.09.